The van der Waals surface area contributed by atoms with Gasteiger partial charge < -0.3 is 38.5 Å². The average Bonchev–Trinajstić information content (AvgIpc) is 2.73. The minimum atomic E-state index is -6.20. The van der Waals surface area contributed by atoms with Crippen molar-refractivity contribution in [3.8, 4) is 0 Å². The summed E-state index contributed by atoms with van der Waals surface area (Å²) >= 11 is 0. The van der Waals surface area contributed by atoms with Gasteiger partial charge in [-0.1, -0.05) is 0 Å². The molecule has 34 heavy (non-hydrogen) atoms. The molecular formula is C10H12FN2Na4O14P3. The van der Waals surface area contributed by atoms with Crippen LogP contribution in [0.4, 0.5) is 4.39 Å². The second-order valence-electron chi connectivity index (χ2n) is 5.94. The van der Waals surface area contributed by atoms with Crippen molar-refractivity contribution in [3.05, 3.63) is 33.1 Å². The summed E-state index contributed by atoms with van der Waals surface area (Å²) in [7, 11) is -18.3. The average molecular weight is 588 g/mol. The Labute approximate surface area is 278 Å². The van der Waals surface area contributed by atoms with Crippen LogP contribution in [0, 0.1) is 0 Å². The van der Waals surface area contributed by atoms with Crippen molar-refractivity contribution in [2.75, 3.05) is 6.61 Å². The van der Waals surface area contributed by atoms with Gasteiger partial charge in [0.1, 0.15) is 12.2 Å². The summed E-state index contributed by atoms with van der Waals surface area (Å²) in [6.07, 6.45) is -4.96. The van der Waals surface area contributed by atoms with Gasteiger partial charge in [-0.05, 0) is 6.92 Å². The Balaban J connectivity index is -0.00000240. The van der Waals surface area contributed by atoms with E-state index < -0.39 is 65.4 Å². The number of phosphoric acid groups is 3. The van der Waals surface area contributed by atoms with Crippen molar-refractivity contribution in [3.63, 3.8) is 0 Å². The van der Waals surface area contributed by atoms with E-state index in [1.165, 1.54) is 0 Å². The molecule has 6 atom stereocenters. The van der Waals surface area contributed by atoms with E-state index >= 15 is 0 Å². The monoisotopic (exact) mass is 588 g/mol. The van der Waals surface area contributed by atoms with Crippen molar-refractivity contribution in [2.24, 2.45) is 0 Å². The zero-order valence-corrected chi connectivity index (χ0v) is 29.2. The Hall–Kier alpha value is 2.94. The molecule has 1 aromatic heterocycles. The fraction of sp³-hybridized carbons (Fsp3) is 0.600. The van der Waals surface area contributed by atoms with E-state index in [1.807, 2.05) is 4.98 Å². The maximum Gasteiger partial charge on any atom is 1.00 e. The van der Waals surface area contributed by atoms with Gasteiger partial charge in [0, 0.05) is 12.3 Å². The molecule has 0 bridgehead atoms. The van der Waals surface area contributed by atoms with Crippen LogP contribution in [0.25, 0.3) is 0 Å². The summed E-state index contributed by atoms with van der Waals surface area (Å²) in [5.41, 5.74) is -4.66. The van der Waals surface area contributed by atoms with Crippen LogP contribution in [0.15, 0.2) is 21.9 Å². The first-order valence-corrected chi connectivity index (χ1v) is 11.9. The van der Waals surface area contributed by atoms with Gasteiger partial charge in [0.2, 0.25) is 0 Å². The normalized spacial score (nSPS) is 27.6. The maximum absolute atomic E-state index is 14.9. The molecular weight excluding hydrogens is 576 g/mol. The fourth-order valence-electron chi connectivity index (χ4n) is 2.41. The number of aromatic amines is 1. The molecule has 1 fully saturated rings. The summed E-state index contributed by atoms with van der Waals surface area (Å²) in [6, 6.07) is 0.841. The van der Waals surface area contributed by atoms with Crippen LogP contribution in [-0.4, -0.2) is 39.1 Å². The van der Waals surface area contributed by atoms with Gasteiger partial charge >= 0.3 is 124 Å². The van der Waals surface area contributed by atoms with E-state index in [-0.39, 0.29) is 118 Å². The summed E-state index contributed by atoms with van der Waals surface area (Å²) in [5.74, 6) is 0. The molecule has 0 amide bonds. The molecule has 0 radical (unpaired) electrons. The van der Waals surface area contributed by atoms with E-state index in [1.54, 1.807) is 0 Å². The maximum atomic E-state index is 14.9. The summed E-state index contributed by atoms with van der Waals surface area (Å²) in [4.78, 5) is 67.8. The SMILES string of the molecule is CC1(F)C(O)C(COP(=O)([O-])OP(=O)([O-])OP(=O)([O-])[O-])OC1n1ccc(=O)[nH]c1=O.[Na+].[Na+].[Na+].[Na+]. The molecule has 16 nitrogen and oxygen atoms in total. The third kappa shape index (κ3) is 12.0. The molecule has 2 heterocycles. The Bertz CT molecular complexity index is 1060. The Morgan fingerprint density at radius 3 is 2.12 bits per heavy atom. The Morgan fingerprint density at radius 1 is 1.12 bits per heavy atom. The fourth-order valence-corrected chi connectivity index (χ4v) is 5.28. The van der Waals surface area contributed by atoms with Crippen LogP contribution in [0.5, 0.6) is 0 Å². The third-order valence-corrected chi connectivity index (χ3v) is 7.28. The van der Waals surface area contributed by atoms with Gasteiger partial charge in [0.05, 0.1) is 14.4 Å². The molecule has 0 aliphatic carbocycles. The predicted octanol–water partition coefficient (Wildman–Crippen LogP) is -15.6. The molecule has 172 valence electrons. The number of nitrogens with zero attached hydrogens (tertiary/aromatic N) is 1. The van der Waals surface area contributed by atoms with Crippen LogP contribution in [0.1, 0.15) is 13.2 Å². The quantitative estimate of drug-likeness (QED) is 0.211. The predicted molar refractivity (Wildman–Crippen MR) is 81.7 cm³/mol. The first-order valence-electron chi connectivity index (χ1n) is 7.49. The molecule has 2 N–H and O–H groups in total. The van der Waals surface area contributed by atoms with Gasteiger partial charge in [-0.2, -0.15) is 0 Å². The number of halogens is 1. The van der Waals surface area contributed by atoms with Gasteiger partial charge in [-0.3, -0.25) is 27.8 Å². The number of rotatable bonds is 8. The van der Waals surface area contributed by atoms with Crippen LogP contribution < -0.4 is 149 Å². The molecule has 6 unspecified atom stereocenters. The molecule has 2 rings (SSSR count). The zero-order valence-electron chi connectivity index (χ0n) is 18.5. The number of aromatic nitrogens is 2. The Morgan fingerprint density at radius 2 is 1.65 bits per heavy atom. The number of nitrogens with one attached hydrogen (secondary N) is 1. The van der Waals surface area contributed by atoms with Gasteiger partial charge in [0.25, 0.3) is 21.2 Å². The number of hydrogen-bond acceptors (Lipinski definition) is 14. The molecule has 1 aliphatic rings. The van der Waals surface area contributed by atoms with Crippen molar-refractivity contribution in [2.45, 2.75) is 31.0 Å². The molecule has 1 saturated heterocycles. The van der Waals surface area contributed by atoms with E-state index in [0.717, 1.165) is 19.2 Å². The smallest absolute Gasteiger partial charge is 0.790 e. The number of aliphatic hydroxyl groups excluding tert-OH is 1. The van der Waals surface area contributed by atoms with Crippen molar-refractivity contribution >= 4 is 23.5 Å². The van der Waals surface area contributed by atoms with E-state index in [2.05, 4.69) is 13.1 Å². The molecule has 24 heteroatoms. The number of aliphatic hydroxyl groups is 1. The van der Waals surface area contributed by atoms with Crippen molar-refractivity contribution in [1.29, 1.82) is 0 Å². The Kier molecular flexibility index (Phi) is 19.1. The van der Waals surface area contributed by atoms with Crippen LogP contribution in [0.2, 0.25) is 0 Å². The second kappa shape index (κ2) is 15.7. The zero-order chi connectivity index (χ0) is 23.1. The largest absolute Gasteiger partial charge is 1.00 e. The second-order valence-corrected chi connectivity index (χ2v) is 10.2. The third-order valence-electron chi connectivity index (χ3n) is 3.62. The number of H-pyrrole nitrogens is 1. The molecule has 1 aromatic rings. The number of phosphoric ester groups is 1. The van der Waals surface area contributed by atoms with Gasteiger partial charge in [-0.25, -0.2) is 13.5 Å². The minimum absolute atomic E-state index is 0. The number of hydrogen-bond donors (Lipinski definition) is 2. The van der Waals surface area contributed by atoms with Gasteiger partial charge in [0.15, 0.2) is 11.9 Å². The van der Waals surface area contributed by atoms with E-state index in [4.69, 9.17) is 4.74 Å². The summed E-state index contributed by atoms with van der Waals surface area (Å²) in [5, 5.41) is 10.0. The minimum Gasteiger partial charge on any atom is -0.790 e. The number of ether oxygens (including phenoxy) is 1. The van der Waals surface area contributed by atoms with Crippen LogP contribution in [0.3, 0.4) is 0 Å². The van der Waals surface area contributed by atoms with E-state index in [0.29, 0.717) is 4.57 Å². The summed E-state index contributed by atoms with van der Waals surface area (Å²) < 4.78 is 63.7. The first-order chi connectivity index (χ1) is 13.4. The summed E-state index contributed by atoms with van der Waals surface area (Å²) in [6.45, 7) is -0.477. The standard InChI is InChI=1S/C10H16FN2O14P3.4Na/c1-10(11)7(15)5(25-8(10)13-3-2-6(14)12-9(13)16)4-24-29(20,21)27-30(22,23)26-28(17,18)19;;;;/h2-3,5,7-8,15H,4H2,1H3,(H,20,21)(H,22,23)(H,12,14,16)(H2,17,18,19);;;;/q;4*+1/p-4. The van der Waals surface area contributed by atoms with Crippen LogP contribution in [-0.2, 0) is 31.6 Å². The van der Waals surface area contributed by atoms with Crippen molar-refractivity contribution < 1.29 is 179 Å². The van der Waals surface area contributed by atoms with Crippen LogP contribution >= 0.6 is 23.5 Å². The molecule has 0 aromatic carbocycles. The van der Waals surface area contributed by atoms with Gasteiger partial charge in [-0.15, -0.1) is 0 Å². The van der Waals surface area contributed by atoms with E-state index in [9.17, 15) is 52.4 Å². The topological polar surface area (TPSA) is 255 Å². The molecule has 0 spiro atoms. The number of alkyl halides is 1. The molecule has 1 aliphatic heterocycles. The first kappa shape index (κ1) is 41.4. The van der Waals surface area contributed by atoms with Crippen molar-refractivity contribution in [1.82, 2.24) is 9.55 Å². The molecule has 0 saturated carbocycles.